The second-order valence-corrected chi connectivity index (χ2v) is 6.73. The van der Waals surface area contributed by atoms with E-state index in [0.29, 0.717) is 12.2 Å². The Bertz CT molecular complexity index is 544. The van der Waals surface area contributed by atoms with E-state index in [2.05, 4.69) is 14.7 Å². The first-order valence-corrected chi connectivity index (χ1v) is 8.01. The average Bonchev–Trinajstić information content (AvgIpc) is 2.26. The summed E-state index contributed by atoms with van der Waals surface area (Å²) < 4.78 is 28.4. The van der Waals surface area contributed by atoms with Gasteiger partial charge in [-0.05, 0) is 32.8 Å². The number of nitrogens with zero attached hydrogens (tertiary/aromatic N) is 3. The lowest BCUT2D eigenvalue weighted by Crippen LogP contribution is -2.45. The fourth-order valence-electron chi connectivity index (χ4n) is 2.18. The van der Waals surface area contributed by atoms with Gasteiger partial charge < -0.3 is 0 Å². The quantitative estimate of drug-likeness (QED) is 0.866. The van der Waals surface area contributed by atoms with Gasteiger partial charge in [0.15, 0.2) is 0 Å². The number of anilines is 1. The summed E-state index contributed by atoms with van der Waals surface area (Å²) in [4.78, 5) is 7.90. The number of hydrogen-bond acceptors (Lipinski definition) is 4. The van der Waals surface area contributed by atoms with Crippen LogP contribution in [-0.2, 0) is 10.2 Å². The van der Waals surface area contributed by atoms with Crippen molar-refractivity contribution in [1.82, 2.24) is 14.3 Å². The maximum atomic E-state index is 12.3. The summed E-state index contributed by atoms with van der Waals surface area (Å²) in [5.74, 6) is 0.0165. The number of hydrogen-bond donors (Lipinski definition) is 1. The number of piperidine rings is 1. The molecule has 1 unspecified atom stereocenters. The zero-order chi connectivity index (χ0) is 14.0. The van der Waals surface area contributed by atoms with Gasteiger partial charge in [-0.1, -0.05) is 18.0 Å². The third kappa shape index (κ3) is 3.55. The molecular formula is C11H17ClN4O2S. The third-order valence-corrected chi connectivity index (χ3v) is 4.89. The molecule has 0 aromatic carbocycles. The summed E-state index contributed by atoms with van der Waals surface area (Å²) in [6.07, 6.45) is 2.80. The van der Waals surface area contributed by atoms with Crippen molar-refractivity contribution in [2.75, 3.05) is 11.3 Å². The second kappa shape index (κ2) is 5.60. The molecule has 1 saturated heterocycles. The van der Waals surface area contributed by atoms with Crippen molar-refractivity contribution in [3.05, 3.63) is 16.9 Å². The van der Waals surface area contributed by atoms with Crippen LogP contribution < -0.4 is 4.72 Å². The van der Waals surface area contributed by atoms with E-state index < -0.39 is 10.2 Å². The Labute approximate surface area is 118 Å². The van der Waals surface area contributed by atoms with E-state index in [-0.39, 0.29) is 17.1 Å². The molecule has 0 bridgehead atoms. The Morgan fingerprint density at radius 2 is 2.16 bits per heavy atom. The molecule has 8 heteroatoms. The first-order valence-electron chi connectivity index (χ1n) is 6.19. The molecule has 6 nitrogen and oxygen atoms in total. The zero-order valence-corrected chi connectivity index (χ0v) is 12.5. The third-order valence-electron chi connectivity index (χ3n) is 3.09. The largest absolute Gasteiger partial charge is 0.304 e. The maximum absolute atomic E-state index is 12.3. The average molecular weight is 305 g/mol. The lowest BCUT2D eigenvalue weighted by Gasteiger charge is -2.31. The van der Waals surface area contributed by atoms with Crippen molar-refractivity contribution in [2.45, 2.75) is 39.2 Å². The lowest BCUT2D eigenvalue weighted by atomic mass is 10.1. The molecule has 2 heterocycles. The highest BCUT2D eigenvalue weighted by atomic mass is 35.5. The van der Waals surface area contributed by atoms with Crippen LogP contribution in [0.5, 0.6) is 0 Å². The summed E-state index contributed by atoms with van der Waals surface area (Å²) in [5, 5.41) is 0.219. The van der Waals surface area contributed by atoms with Crippen molar-refractivity contribution in [2.24, 2.45) is 0 Å². The van der Waals surface area contributed by atoms with E-state index in [0.717, 1.165) is 19.3 Å². The van der Waals surface area contributed by atoms with Crippen LogP contribution in [0.4, 0.5) is 5.95 Å². The minimum atomic E-state index is -3.62. The topological polar surface area (TPSA) is 75.2 Å². The van der Waals surface area contributed by atoms with Crippen LogP contribution in [0, 0.1) is 6.92 Å². The van der Waals surface area contributed by atoms with Crippen LogP contribution in [0.3, 0.4) is 0 Å². The van der Waals surface area contributed by atoms with Crippen LogP contribution in [0.25, 0.3) is 0 Å². The number of nitrogens with one attached hydrogen (secondary N) is 1. The van der Waals surface area contributed by atoms with E-state index in [9.17, 15) is 8.42 Å². The monoisotopic (exact) mass is 304 g/mol. The molecule has 0 radical (unpaired) electrons. The fourth-order valence-corrected chi connectivity index (χ4v) is 3.80. The number of rotatable bonds is 3. The normalized spacial score (nSPS) is 21.3. The molecule has 0 aliphatic carbocycles. The summed E-state index contributed by atoms with van der Waals surface area (Å²) in [7, 11) is -3.62. The van der Waals surface area contributed by atoms with Crippen molar-refractivity contribution in [3.8, 4) is 0 Å². The molecule has 1 aromatic heterocycles. The Kier molecular flexibility index (Phi) is 4.27. The van der Waals surface area contributed by atoms with Crippen molar-refractivity contribution < 1.29 is 8.42 Å². The fraction of sp³-hybridized carbons (Fsp3) is 0.636. The molecule has 106 valence electrons. The van der Waals surface area contributed by atoms with Gasteiger partial charge in [-0.15, -0.1) is 0 Å². The lowest BCUT2D eigenvalue weighted by molar-refractivity contribution is 0.270. The molecule has 19 heavy (non-hydrogen) atoms. The summed E-state index contributed by atoms with van der Waals surface area (Å²) in [6.45, 7) is 4.16. The van der Waals surface area contributed by atoms with E-state index >= 15 is 0 Å². The highest BCUT2D eigenvalue weighted by molar-refractivity contribution is 7.90. The molecule has 2 rings (SSSR count). The highest BCUT2D eigenvalue weighted by Gasteiger charge is 2.30. The van der Waals surface area contributed by atoms with Gasteiger partial charge in [0.1, 0.15) is 5.15 Å². The zero-order valence-electron chi connectivity index (χ0n) is 10.9. The van der Waals surface area contributed by atoms with Crippen LogP contribution >= 0.6 is 11.6 Å². The molecule has 0 spiro atoms. The molecule has 0 saturated carbocycles. The molecule has 1 N–H and O–H groups in total. The Balaban J connectivity index is 2.20. The molecule has 1 atom stereocenters. The van der Waals surface area contributed by atoms with Crippen molar-refractivity contribution >= 4 is 27.8 Å². The number of halogens is 1. The van der Waals surface area contributed by atoms with Crippen LogP contribution in [0.15, 0.2) is 6.07 Å². The van der Waals surface area contributed by atoms with Gasteiger partial charge in [-0.2, -0.15) is 12.7 Å². The number of aromatic nitrogens is 2. The minimum Gasteiger partial charge on any atom is -0.238 e. The molecular weight excluding hydrogens is 288 g/mol. The SMILES string of the molecule is Cc1cc(Cl)nc(NS(=O)(=O)N2CCCCC2C)n1. The standard InChI is InChI=1S/C11H17ClN4O2S/c1-8-7-10(12)14-11(13-8)15-19(17,18)16-6-4-3-5-9(16)2/h7,9H,3-6H2,1-2H3,(H,13,14,15). The van der Waals surface area contributed by atoms with Crippen LogP contribution in [0.1, 0.15) is 31.9 Å². The van der Waals surface area contributed by atoms with E-state index in [4.69, 9.17) is 11.6 Å². The van der Waals surface area contributed by atoms with Gasteiger partial charge in [-0.25, -0.2) is 14.7 Å². The van der Waals surface area contributed by atoms with Gasteiger partial charge in [0.2, 0.25) is 5.95 Å². The number of aryl methyl sites for hydroxylation is 1. The van der Waals surface area contributed by atoms with Crippen molar-refractivity contribution in [3.63, 3.8) is 0 Å². The van der Waals surface area contributed by atoms with Gasteiger partial charge in [0, 0.05) is 18.3 Å². The smallest absolute Gasteiger partial charge is 0.238 e. The van der Waals surface area contributed by atoms with Gasteiger partial charge in [-0.3, -0.25) is 0 Å². The molecule has 1 aliphatic rings. The molecule has 0 amide bonds. The van der Waals surface area contributed by atoms with Crippen molar-refractivity contribution in [1.29, 1.82) is 0 Å². The van der Waals surface area contributed by atoms with Crippen LogP contribution in [-0.4, -0.2) is 35.3 Å². The Morgan fingerprint density at radius 1 is 1.42 bits per heavy atom. The summed E-state index contributed by atoms with van der Waals surface area (Å²) >= 11 is 5.79. The first-order chi connectivity index (χ1) is 8.88. The van der Waals surface area contributed by atoms with Gasteiger partial charge in [0.25, 0.3) is 0 Å². The second-order valence-electron chi connectivity index (χ2n) is 4.72. The van der Waals surface area contributed by atoms with Crippen LogP contribution in [0.2, 0.25) is 5.15 Å². The van der Waals surface area contributed by atoms with E-state index in [1.54, 1.807) is 13.0 Å². The highest BCUT2D eigenvalue weighted by Crippen LogP contribution is 2.21. The summed E-state index contributed by atoms with van der Waals surface area (Å²) in [6, 6.07) is 1.56. The Morgan fingerprint density at radius 3 is 2.79 bits per heavy atom. The maximum Gasteiger partial charge on any atom is 0.304 e. The minimum absolute atomic E-state index is 0.00784. The Hall–Kier alpha value is -0.920. The van der Waals surface area contributed by atoms with E-state index in [1.165, 1.54) is 4.31 Å². The predicted molar refractivity (Wildman–Crippen MR) is 74.3 cm³/mol. The first kappa shape index (κ1) is 14.5. The molecule has 1 fully saturated rings. The van der Waals surface area contributed by atoms with Gasteiger partial charge >= 0.3 is 10.2 Å². The van der Waals surface area contributed by atoms with E-state index in [1.807, 2.05) is 6.92 Å². The summed E-state index contributed by atoms with van der Waals surface area (Å²) in [5.41, 5.74) is 0.615. The van der Waals surface area contributed by atoms with Gasteiger partial charge in [0.05, 0.1) is 0 Å². The predicted octanol–water partition coefficient (Wildman–Crippen LogP) is 1.97. The molecule has 1 aliphatic heterocycles. The molecule has 1 aromatic rings.